The standard InChI is InChI=1S/C27H25F2N3O6/c1-15(26(35)36)37-22-12-16(4-10-21(22)33)13-32-14-20(19-9-11-23(27(2,28)29)31-25(19)32)24(34)17-5-7-18(8-6-17)38-30-3/h4-12,14-15,30,33H,13H2,1-3H3,(H,35,36). The van der Waals surface area contributed by atoms with Crippen molar-refractivity contribution in [2.24, 2.45) is 0 Å². The number of aromatic nitrogens is 2. The third-order valence-corrected chi connectivity index (χ3v) is 5.78. The summed E-state index contributed by atoms with van der Waals surface area (Å²) in [6.45, 7) is 2.13. The summed E-state index contributed by atoms with van der Waals surface area (Å²) in [5.41, 5.74) is 3.42. The van der Waals surface area contributed by atoms with E-state index in [-0.39, 0.29) is 35.0 Å². The SMILES string of the molecule is CNOc1ccc(C(=O)c2cn(Cc3ccc(O)c(OC(C)C(=O)O)c3)c3nc(C(C)(F)F)ccc23)cc1. The number of carboxylic acid groups (broad SMARTS) is 1. The van der Waals surface area contributed by atoms with Crippen molar-refractivity contribution >= 4 is 22.8 Å². The first kappa shape index (κ1) is 26.6. The van der Waals surface area contributed by atoms with Gasteiger partial charge in [0.05, 0.1) is 0 Å². The number of carbonyl (C=O) groups is 2. The fraction of sp³-hybridized carbons (Fsp3) is 0.222. The summed E-state index contributed by atoms with van der Waals surface area (Å²) in [4.78, 5) is 33.9. The molecule has 0 radical (unpaired) electrons. The van der Waals surface area contributed by atoms with Crippen LogP contribution in [0.3, 0.4) is 0 Å². The van der Waals surface area contributed by atoms with Gasteiger partial charge in [0.15, 0.2) is 23.4 Å². The Morgan fingerprint density at radius 3 is 2.47 bits per heavy atom. The summed E-state index contributed by atoms with van der Waals surface area (Å²) in [7, 11) is 1.60. The van der Waals surface area contributed by atoms with E-state index in [1.807, 2.05) is 0 Å². The van der Waals surface area contributed by atoms with Crippen LogP contribution in [-0.4, -0.2) is 44.7 Å². The highest BCUT2D eigenvalue weighted by Gasteiger charge is 2.28. The number of hydroxylamine groups is 1. The lowest BCUT2D eigenvalue weighted by molar-refractivity contribution is -0.144. The summed E-state index contributed by atoms with van der Waals surface area (Å²) >= 11 is 0. The second-order valence-corrected chi connectivity index (χ2v) is 8.69. The number of phenols is 1. The minimum absolute atomic E-state index is 0.0530. The molecule has 4 aromatic rings. The van der Waals surface area contributed by atoms with Gasteiger partial charge in [-0.05, 0) is 61.0 Å². The highest BCUT2D eigenvalue weighted by Crippen LogP contribution is 2.32. The topological polar surface area (TPSA) is 123 Å². The largest absolute Gasteiger partial charge is 0.504 e. The molecule has 1 unspecified atom stereocenters. The number of rotatable bonds is 10. The lowest BCUT2D eigenvalue weighted by Gasteiger charge is -2.14. The maximum atomic E-state index is 14.1. The molecule has 0 amide bonds. The van der Waals surface area contributed by atoms with Gasteiger partial charge < -0.3 is 24.4 Å². The Morgan fingerprint density at radius 1 is 1.13 bits per heavy atom. The molecule has 0 saturated heterocycles. The normalized spacial score (nSPS) is 12.3. The number of ether oxygens (including phenoxy) is 1. The lowest BCUT2D eigenvalue weighted by atomic mass is 10.0. The summed E-state index contributed by atoms with van der Waals surface area (Å²) in [5.74, 6) is -4.56. The van der Waals surface area contributed by atoms with Crippen LogP contribution >= 0.6 is 0 Å². The number of aliphatic carboxylic acids is 1. The zero-order valence-electron chi connectivity index (χ0n) is 20.7. The van der Waals surface area contributed by atoms with E-state index in [1.54, 1.807) is 41.9 Å². The second-order valence-electron chi connectivity index (χ2n) is 8.69. The number of ketones is 1. The molecule has 11 heteroatoms. The molecule has 0 aliphatic carbocycles. The Labute approximate surface area is 216 Å². The summed E-state index contributed by atoms with van der Waals surface area (Å²) in [6.07, 6.45) is 0.316. The Morgan fingerprint density at radius 2 is 1.84 bits per heavy atom. The van der Waals surface area contributed by atoms with E-state index in [0.29, 0.717) is 22.3 Å². The molecule has 2 heterocycles. The summed E-state index contributed by atoms with van der Waals surface area (Å²) in [6, 6.07) is 13.4. The molecule has 4 rings (SSSR count). The fourth-order valence-corrected chi connectivity index (χ4v) is 3.85. The third kappa shape index (κ3) is 5.57. The van der Waals surface area contributed by atoms with E-state index in [4.69, 9.17) is 14.7 Å². The fourth-order valence-electron chi connectivity index (χ4n) is 3.85. The molecule has 2 aromatic heterocycles. The number of fused-ring (bicyclic) bond motifs is 1. The van der Waals surface area contributed by atoms with Crippen molar-refractivity contribution in [3.05, 3.63) is 83.2 Å². The number of hydrogen-bond acceptors (Lipinski definition) is 7. The Hall–Kier alpha value is -4.51. The molecule has 38 heavy (non-hydrogen) atoms. The zero-order valence-corrected chi connectivity index (χ0v) is 20.7. The number of phenolic OH excluding ortho intramolecular Hbond substituents is 1. The highest BCUT2D eigenvalue weighted by atomic mass is 19.3. The van der Waals surface area contributed by atoms with Crippen molar-refractivity contribution < 1.29 is 38.2 Å². The van der Waals surface area contributed by atoms with Gasteiger partial charge in [0.1, 0.15) is 17.1 Å². The van der Waals surface area contributed by atoms with Crippen LogP contribution in [-0.2, 0) is 17.3 Å². The van der Waals surface area contributed by atoms with Gasteiger partial charge in [-0.2, -0.15) is 14.3 Å². The third-order valence-electron chi connectivity index (χ3n) is 5.78. The first-order valence-corrected chi connectivity index (χ1v) is 11.6. The molecule has 1 atom stereocenters. The average molecular weight is 526 g/mol. The van der Waals surface area contributed by atoms with Crippen LogP contribution in [0.4, 0.5) is 8.78 Å². The number of aromatic hydroxyl groups is 1. The number of nitrogens with one attached hydrogen (secondary N) is 1. The molecule has 2 aromatic carbocycles. The maximum absolute atomic E-state index is 14.1. The Kier molecular flexibility index (Phi) is 7.31. The molecule has 0 spiro atoms. The van der Waals surface area contributed by atoms with E-state index in [0.717, 1.165) is 6.92 Å². The molecular weight excluding hydrogens is 500 g/mol. The molecule has 0 aliphatic heterocycles. The summed E-state index contributed by atoms with van der Waals surface area (Å²) in [5, 5.41) is 19.6. The summed E-state index contributed by atoms with van der Waals surface area (Å²) < 4.78 is 35.1. The van der Waals surface area contributed by atoms with Crippen LogP contribution in [0.5, 0.6) is 17.2 Å². The number of alkyl halides is 2. The van der Waals surface area contributed by atoms with Crippen molar-refractivity contribution in [2.45, 2.75) is 32.4 Å². The van der Waals surface area contributed by atoms with Gasteiger partial charge in [-0.15, -0.1) is 0 Å². The number of carbonyl (C=O) groups excluding carboxylic acids is 1. The van der Waals surface area contributed by atoms with E-state index < -0.39 is 23.7 Å². The van der Waals surface area contributed by atoms with Gasteiger partial charge in [-0.1, -0.05) is 6.07 Å². The maximum Gasteiger partial charge on any atom is 0.344 e. The molecule has 0 fully saturated rings. The number of carboxylic acids is 1. The predicted octanol–water partition coefficient (Wildman–Crippen LogP) is 4.50. The van der Waals surface area contributed by atoms with Crippen molar-refractivity contribution in [3.63, 3.8) is 0 Å². The minimum atomic E-state index is -3.21. The average Bonchev–Trinajstić information content (AvgIpc) is 3.23. The van der Waals surface area contributed by atoms with Crippen molar-refractivity contribution in [1.29, 1.82) is 0 Å². The molecule has 0 aliphatic rings. The quantitative estimate of drug-likeness (QED) is 0.204. The van der Waals surface area contributed by atoms with Gasteiger partial charge in [0.25, 0.3) is 5.92 Å². The van der Waals surface area contributed by atoms with Crippen molar-refractivity contribution in [1.82, 2.24) is 15.0 Å². The van der Waals surface area contributed by atoms with Crippen LogP contribution in [0.1, 0.15) is 41.0 Å². The number of nitrogens with zero attached hydrogens (tertiary/aromatic N) is 2. The van der Waals surface area contributed by atoms with Crippen molar-refractivity contribution in [3.8, 4) is 17.2 Å². The van der Waals surface area contributed by atoms with Crippen LogP contribution in [0.25, 0.3) is 11.0 Å². The van der Waals surface area contributed by atoms with Crippen LogP contribution in [0.2, 0.25) is 0 Å². The molecule has 0 saturated carbocycles. The van der Waals surface area contributed by atoms with Gasteiger partial charge in [0, 0.05) is 43.2 Å². The lowest BCUT2D eigenvalue weighted by Crippen LogP contribution is -2.23. The first-order chi connectivity index (χ1) is 18.0. The van der Waals surface area contributed by atoms with Crippen LogP contribution in [0.15, 0.2) is 60.8 Å². The minimum Gasteiger partial charge on any atom is -0.504 e. The van der Waals surface area contributed by atoms with Crippen LogP contribution in [0, 0.1) is 0 Å². The highest BCUT2D eigenvalue weighted by molar-refractivity contribution is 6.16. The van der Waals surface area contributed by atoms with E-state index in [9.17, 15) is 23.5 Å². The predicted molar refractivity (Wildman–Crippen MR) is 134 cm³/mol. The van der Waals surface area contributed by atoms with E-state index >= 15 is 0 Å². The molecule has 0 bridgehead atoms. The first-order valence-electron chi connectivity index (χ1n) is 11.6. The molecule has 198 valence electrons. The zero-order chi connectivity index (χ0) is 27.6. The number of benzene rings is 2. The molecular formula is C27H25F2N3O6. The van der Waals surface area contributed by atoms with E-state index in [2.05, 4.69) is 10.5 Å². The Bertz CT molecular complexity index is 1500. The van der Waals surface area contributed by atoms with Gasteiger partial charge in [0.2, 0.25) is 0 Å². The second kappa shape index (κ2) is 10.5. The number of halogens is 2. The van der Waals surface area contributed by atoms with E-state index in [1.165, 1.54) is 37.4 Å². The van der Waals surface area contributed by atoms with Gasteiger partial charge >= 0.3 is 5.97 Å². The number of pyridine rings is 1. The van der Waals surface area contributed by atoms with Crippen molar-refractivity contribution in [2.75, 3.05) is 7.05 Å². The van der Waals surface area contributed by atoms with Gasteiger partial charge in [-0.25, -0.2) is 9.78 Å². The van der Waals surface area contributed by atoms with Gasteiger partial charge in [-0.3, -0.25) is 4.79 Å². The molecule has 3 N–H and O–H groups in total. The Balaban J connectivity index is 1.77. The van der Waals surface area contributed by atoms with Crippen LogP contribution < -0.4 is 15.1 Å². The molecule has 9 nitrogen and oxygen atoms in total. The smallest absolute Gasteiger partial charge is 0.344 e. The monoisotopic (exact) mass is 525 g/mol. The number of hydrogen-bond donors (Lipinski definition) is 3.